The lowest BCUT2D eigenvalue weighted by Crippen LogP contribution is -2.39. The van der Waals surface area contributed by atoms with Crippen molar-refractivity contribution < 1.29 is 14.4 Å². The molecule has 0 saturated carbocycles. The first-order chi connectivity index (χ1) is 9.36. The van der Waals surface area contributed by atoms with Crippen LogP contribution in [0.15, 0.2) is 23.4 Å². The second-order valence-corrected chi connectivity index (χ2v) is 4.99. The molecule has 3 N–H and O–H groups in total. The van der Waals surface area contributed by atoms with E-state index in [1.54, 1.807) is 13.8 Å². The minimum Gasteiger partial charge on any atom is -0.409 e. The van der Waals surface area contributed by atoms with Crippen LogP contribution >= 0.6 is 11.6 Å². The molecule has 0 aliphatic rings. The van der Waals surface area contributed by atoms with E-state index in [9.17, 15) is 9.18 Å². The maximum absolute atomic E-state index is 13.8. The number of carbonyl (C=O) groups is 1. The lowest BCUT2D eigenvalue weighted by Gasteiger charge is -2.26. The van der Waals surface area contributed by atoms with Crippen molar-refractivity contribution in [3.8, 4) is 0 Å². The molecule has 20 heavy (non-hydrogen) atoms. The van der Waals surface area contributed by atoms with E-state index in [-0.39, 0.29) is 35.4 Å². The van der Waals surface area contributed by atoms with Crippen molar-refractivity contribution in [2.45, 2.75) is 26.3 Å². The van der Waals surface area contributed by atoms with E-state index in [2.05, 4.69) is 5.16 Å². The lowest BCUT2D eigenvalue weighted by molar-refractivity contribution is 0.0706. The topological polar surface area (TPSA) is 78.9 Å². The minimum atomic E-state index is -0.669. The van der Waals surface area contributed by atoms with Gasteiger partial charge in [0.25, 0.3) is 5.91 Å². The number of oxime groups is 1. The van der Waals surface area contributed by atoms with Crippen LogP contribution in [0.4, 0.5) is 4.39 Å². The molecule has 0 atom stereocenters. The Morgan fingerprint density at radius 3 is 2.70 bits per heavy atom. The fourth-order valence-corrected chi connectivity index (χ4v) is 1.86. The number of rotatable bonds is 5. The van der Waals surface area contributed by atoms with Crippen molar-refractivity contribution >= 4 is 23.3 Å². The molecule has 0 spiro atoms. The van der Waals surface area contributed by atoms with Crippen LogP contribution in [0.2, 0.25) is 5.02 Å². The summed E-state index contributed by atoms with van der Waals surface area (Å²) < 4.78 is 13.8. The summed E-state index contributed by atoms with van der Waals surface area (Å²) in [6.45, 7) is 3.84. The number of amides is 1. The molecule has 0 radical (unpaired) electrons. The molecule has 5 nitrogen and oxygen atoms in total. The Kier molecular flexibility index (Phi) is 5.76. The van der Waals surface area contributed by atoms with Gasteiger partial charge in [0.05, 0.1) is 5.56 Å². The van der Waals surface area contributed by atoms with Crippen LogP contribution in [0.1, 0.15) is 30.6 Å². The molecule has 0 bridgehead atoms. The van der Waals surface area contributed by atoms with Gasteiger partial charge >= 0.3 is 0 Å². The number of nitrogens with zero attached hydrogens (tertiary/aromatic N) is 2. The van der Waals surface area contributed by atoms with Crippen LogP contribution in [0.25, 0.3) is 0 Å². The molecule has 0 unspecified atom stereocenters. The Balaban J connectivity index is 2.94. The first-order valence-electron chi connectivity index (χ1n) is 6.09. The Labute approximate surface area is 121 Å². The molecule has 1 rings (SSSR count). The number of halogens is 2. The first kappa shape index (κ1) is 16.2. The van der Waals surface area contributed by atoms with E-state index >= 15 is 0 Å². The number of hydrogen-bond donors (Lipinski definition) is 2. The summed E-state index contributed by atoms with van der Waals surface area (Å²) in [6, 6.07) is 3.75. The molecular weight excluding hydrogens is 285 g/mol. The molecule has 110 valence electrons. The van der Waals surface area contributed by atoms with E-state index in [0.29, 0.717) is 0 Å². The SMILES string of the molecule is CC(C)N(CCC(N)=NO)C(=O)c1ccc(Cl)cc1F. The van der Waals surface area contributed by atoms with Crippen molar-refractivity contribution in [3.63, 3.8) is 0 Å². The van der Waals surface area contributed by atoms with Crippen LogP contribution in [0.5, 0.6) is 0 Å². The van der Waals surface area contributed by atoms with Gasteiger partial charge in [0.15, 0.2) is 0 Å². The average molecular weight is 302 g/mol. The van der Waals surface area contributed by atoms with Gasteiger partial charge in [-0.05, 0) is 32.0 Å². The third-order valence-corrected chi connectivity index (χ3v) is 3.02. The molecule has 0 aliphatic heterocycles. The Bertz CT molecular complexity index is 520. The minimum absolute atomic E-state index is 0.0139. The summed E-state index contributed by atoms with van der Waals surface area (Å²) >= 11 is 5.66. The zero-order chi connectivity index (χ0) is 15.3. The first-order valence-corrected chi connectivity index (χ1v) is 6.47. The summed E-state index contributed by atoms with van der Waals surface area (Å²) in [6.07, 6.45) is 0.204. The summed E-state index contributed by atoms with van der Waals surface area (Å²) in [5.74, 6) is -1.11. The molecule has 0 aromatic heterocycles. The maximum Gasteiger partial charge on any atom is 0.257 e. The summed E-state index contributed by atoms with van der Waals surface area (Å²) in [7, 11) is 0. The van der Waals surface area contributed by atoms with Crippen LogP contribution in [-0.4, -0.2) is 34.4 Å². The summed E-state index contributed by atoms with van der Waals surface area (Å²) in [4.78, 5) is 13.8. The number of benzene rings is 1. The highest BCUT2D eigenvalue weighted by Gasteiger charge is 2.21. The van der Waals surface area contributed by atoms with Crippen molar-refractivity contribution in [1.82, 2.24) is 4.90 Å². The number of amidine groups is 1. The van der Waals surface area contributed by atoms with Crippen molar-refractivity contribution in [2.24, 2.45) is 10.9 Å². The predicted octanol–water partition coefficient (Wildman–Crippen LogP) is 2.47. The van der Waals surface area contributed by atoms with Gasteiger partial charge in [0, 0.05) is 24.0 Å². The molecule has 0 saturated heterocycles. The zero-order valence-corrected chi connectivity index (χ0v) is 12.1. The molecular formula is C13H17ClFN3O2. The van der Waals surface area contributed by atoms with Gasteiger partial charge in [-0.3, -0.25) is 4.79 Å². The van der Waals surface area contributed by atoms with Gasteiger partial charge in [-0.25, -0.2) is 4.39 Å². The fraction of sp³-hybridized carbons (Fsp3) is 0.385. The number of nitrogens with two attached hydrogens (primary N) is 1. The largest absolute Gasteiger partial charge is 0.409 e. The standard InChI is InChI=1S/C13H17ClFN3O2/c1-8(2)18(6-5-12(16)17-20)13(19)10-4-3-9(14)7-11(10)15/h3-4,7-8,20H,5-6H2,1-2H3,(H2,16,17). The molecule has 0 fully saturated rings. The fourth-order valence-electron chi connectivity index (χ4n) is 1.70. The van der Waals surface area contributed by atoms with Gasteiger partial charge in [-0.2, -0.15) is 0 Å². The molecule has 1 aromatic carbocycles. The van der Waals surface area contributed by atoms with Gasteiger partial charge < -0.3 is 15.8 Å². The quantitative estimate of drug-likeness (QED) is 0.379. The van der Waals surface area contributed by atoms with Gasteiger partial charge in [0.1, 0.15) is 11.7 Å². The van der Waals surface area contributed by atoms with E-state index in [4.69, 9.17) is 22.5 Å². The van der Waals surface area contributed by atoms with E-state index in [0.717, 1.165) is 6.07 Å². The van der Waals surface area contributed by atoms with Gasteiger partial charge in [0.2, 0.25) is 0 Å². The van der Waals surface area contributed by atoms with Crippen LogP contribution in [0.3, 0.4) is 0 Å². The highest BCUT2D eigenvalue weighted by atomic mass is 35.5. The van der Waals surface area contributed by atoms with Crippen LogP contribution in [0, 0.1) is 5.82 Å². The Hall–Kier alpha value is -1.82. The van der Waals surface area contributed by atoms with Crippen LogP contribution in [-0.2, 0) is 0 Å². The van der Waals surface area contributed by atoms with Crippen molar-refractivity contribution in [2.75, 3.05) is 6.54 Å². The molecule has 7 heteroatoms. The van der Waals surface area contributed by atoms with Gasteiger partial charge in [-0.15, -0.1) is 0 Å². The summed E-state index contributed by atoms with van der Waals surface area (Å²) in [5, 5.41) is 11.6. The lowest BCUT2D eigenvalue weighted by atomic mass is 10.1. The number of carbonyl (C=O) groups excluding carboxylic acids is 1. The van der Waals surface area contributed by atoms with Gasteiger partial charge in [-0.1, -0.05) is 16.8 Å². The normalized spacial score (nSPS) is 11.8. The smallest absolute Gasteiger partial charge is 0.257 e. The Morgan fingerprint density at radius 2 is 2.20 bits per heavy atom. The van der Waals surface area contributed by atoms with E-state index in [1.807, 2.05) is 0 Å². The van der Waals surface area contributed by atoms with E-state index in [1.165, 1.54) is 17.0 Å². The van der Waals surface area contributed by atoms with Crippen molar-refractivity contribution in [3.05, 3.63) is 34.6 Å². The average Bonchev–Trinajstić information content (AvgIpc) is 2.37. The number of hydrogen-bond acceptors (Lipinski definition) is 3. The highest BCUT2D eigenvalue weighted by Crippen LogP contribution is 2.17. The monoisotopic (exact) mass is 301 g/mol. The maximum atomic E-state index is 13.8. The molecule has 1 aromatic rings. The van der Waals surface area contributed by atoms with Crippen LogP contribution < -0.4 is 5.73 Å². The molecule has 0 heterocycles. The molecule has 0 aliphatic carbocycles. The zero-order valence-electron chi connectivity index (χ0n) is 11.3. The molecule has 1 amide bonds. The second kappa shape index (κ2) is 7.09. The van der Waals surface area contributed by atoms with E-state index < -0.39 is 11.7 Å². The third-order valence-electron chi connectivity index (χ3n) is 2.78. The highest BCUT2D eigenvalue weighted by molar-refractivity contribution is 6.30. The van der Waals surface area contributed by atoms with Crippen molar-refractivity contribution in [1.29, 1.82) is 0 Å². The summed E-state index contributed by atoms with van der Waals surface area (Å²) in [5.41, 5.74) is 5.33. The second-order valence-electron chi connectivity index (χ2n) is 4.56. The Morgan fingerprint density at radius 1 is 1.55 bits per heavy atom. The third kappa shape index (κ3) is 4.09. The predicted molar refractivity (Wildman–Crippen MR) is 75.6 cm³/mol.